The van der Waals surface area contributed by atoms with Crippen molar-refractivity contribution in [2.24, 2.45) is 0 Å². The Balaban J connectivity index is 3.70. The molecule has 13 heavy (non-hydrogen) atoms. The molecule has 0 aliphatic rings. The van der Waals surface area contributed by atoms with Gasteiger partial charge in [-0.05, 0) is 13.8 Å². The maximum atomic E-state index is 11.1. The third-order valence-corrected chi connectivity index (χ3v) is 2.56. The minimum Gasteiger partial charge on any atom is -0.378 e. The first-order valence-corrected chi connectivity index (χ1v) is 5.83. The summed E-state index contributed by atoms with van der Waals surface area (Å²) < 4.78 is 29.7. The average Bonchev–Trinajstić information content (AvgIpc) is 2.00. The molecule has 0 bridgehead atoms. The molecule has 0 heterocycles. The van der Waals surface area contributed by atoms with Crippen molar-refractivity contribution in [1.82, 2.24) is 4.72 Å². The van der Waals surface area contributed by atoms with Crippen LogP contribution in [0.1, 0.15) is 13.8 Å². The molecule has 5 heteroatoms. The average molecular weight is 207 g/mol. The number of ether oxygens (including phenoxy) is 1. The van der Waals surface area contributed by atoms with Crippen molar-refractivity contribution in [2.45, 2.75) is 20.0 Å². The van der Waals surface area contributed by atoms with Crippen LogP contribution in [0.2, 0.25) is 0 Å². The summed E-state index contributed by atoms with van der Waals surface area (Å²) in [6.07, 6.45) is 1.57. The van der Waals surface area contributed by atoms with Crippen LogP contribution in [0, 0.1) is 0 Å². The van der Waals surface area contributed by atoms with Gasteiger partial charge in [-0.15, -0.1) is 6.58 Å². The number of rotatable bonds is 7. The van der Waals surface area contributed by atoms with Crippen LogP contribution in [-0.2, 0) is 14.8 Å². The van der Waals surface area contributed by atoms with Crippen molar-refractivity contribution >= 4 is 10.0 Å². The van der Waals surface area contributed by atoms with E-state index in [1.54, 1.807) is 0 Å². The van der Waals surface area contributed by atoms with Crippen LogP contribution in [0.5, 0.6) is 0 Å². The fourth-order valence-electron chi connectivity index (χ4n) is 0.652. The highest BCUT2D eigenvalue weighted by Crippen LogP contribution is 1.90. The highest BCUT2D eigenvalue weighted by molar-refractivity contribution is 7.89. The fourth-order valence-corrected chi connectivity index (χ4v) is 1.48. The van der Waals surface area contributed by atoms with Gasteiger partial charge < -0.3 is 4.74 Å². The summed E-state index contributed by atoms with van der Waals surface area (Å²) in [7, 11) is -3.19. The van der Waals surface area contributed by atoms with Gasteiger partial charge in [0.05, 0.1) is 18.5 Å². The molecule has 0 aromatic rings. The van der Waals surface area contributed by atoms with E-state index in [2.05, 4.69) is 11.3 Å². The van der Waals surface area contributed by atoms with Gasteiger partial charge >= 0.3 is 0 Å². The lowest BCUT2D eigenvalue weighted by Gasteiger charge is -2.07. The summed E-state index contributed by atoms with van der Waals surface area (Å²) >= 11 is 0. The molecule has 1 N–H and O–H groups in total. The number of nitrogens with one attached hydrogen (secondary N) is 1. The zero-order valence-electron chi connectivity index (χ0n) is 8.12. The van der Waals surface area contributed by atoms with E-state index < -0.39 is 10.0 Å². The summed E-state index contributed by atoms with van der Waals surface area (Å²) in [5.41, 5.74) is 0. The molecule has 0 unspecified atom stereocenters. The lowest BCUT2D eigenvalue weighted by Crippen LogP contribution is -2.29. The second kappa shape index (κ2) is 6.12. The lowest BCUT2D eigenvalue weighted by molar-refractivity contribution is 0.0911. The Labute approximate surface area is 80.0 Å². The van der Waals surface area contributed by atoms with Crippen LogP contribution >= 0.6 is 0 Å². The van der Waals surface area contributed by atoms with Gasteiger partial charge in [-0.2, -0.15) is 0 Å². The van der Waals surface area contributed by atoms with Crippen LogP contribution < -0.4 is 4.72 Å². The quantitative estimate of drug-likeness (QED) is 0.619. The van der Waals surface area contributed by atoms with Crippen molar-refractivity contribution in [1.29, 1.82) is 0 Å². The molecule has 4 nitrogen and oxygen atoms in total. The van der Waals surface area contributed by atoms with Crippen LogP contribution in [-0.4, -0.2) is 33.4 Å². The Bertz CT molecular complexity index is 234. The minimum atomic E-state index is -3.19. The fraction of sp³-hybridized carbons (Fsp3) is 0.750. The van der Waals surface area contributed by atoms with Gasteiger partial charge in [0.1, 0.15) is 0 Å². The van der Waals surface area contributed by atoms with Crippen molar-refractivity contribution < 1.29 is 13.2 Å². The Morgan fingerprint density at radius 1 is 1.54 bits per heavy atom. The van der Waals surface area contributed by atoms with Gasteiger partial charge in [-0.3, -0.25) is 0 Å². The van der Waals surface area contributed by atoms with E-state index in [0.717, 1.165) is 0 Å². The second-order valence-electron chi connectivity index (χ2n) is 2.88. The van der Waals surface area contributed by atoms with Gasteiger partial charge in [0.15, 0.2) is 0 Å². The molecule has 0 aliphatic heterocycles. The summed E-state index contributed by atoms with van der Waals surface area (Å²) in [4.78, 5) is 0. The van der Waals surface area contributed by atoms with E-state index in [1.807, 2.05) is 13.8 Å². The molecule has 0 aromatic heterocycles. The Kier molecular flexibility index (Phi) is 5.94. The van der Waals surface area contributed by atoms with Crippen LogP contribution in [0.3, 0.4) is 0 Å². The zero-order valence-corrected chi connectivity index (χ0v) is 8.93. The molecule has 0 aliphatic carbocycles. The van der Waals surface area contributed by atoms with Crippen molar-refractivity contribution in [3.8, 4) is 0 Å². The van der Waals surface area contributed by atoms with Gasteiger partial charge in [0, 0.05) is 6.54 Å². The maximum absolute atomic E-state index is 11.1. The molecular weight excluding hydrogens is 190 g/mol. The molecule has 0 amide bonds. The smallest absolute Gasteiger partial charge is 0.214 e. The van der Waals surface area contributed by atoms with E-state index in [-0.39, 0.29) is 25.0 Å². The lowest BCUT2D eigenvalue weighted by atomic mass is 10.5. The highest BCUT2D eigenvalue weighted by atomic mass is 32.2. The molecular formula is C8H17NO3S. The molecule has 0 fully saturated rings. The second-order valence-corrected chi connectivity index (χ2v) is 4.80. The van der Waals surface area contributed by atoms with Crippen molar-refractivity contribution in [3.05, 3.63) is 12.7 Å². The predicted octanol–water partition coefficient (Wildman–Crippen LogP) is 0.517. The normalized spacial score (nSPS) is 11.9. The van der Waals surface area contributed by atoms with Gasteiger partial charge in [0.2, 0.25) is 10.0 Å². The molecule has 0 atom stereocenters. The molecule has 0 radical (unpaired) electrons. The standard InChI is InChI=1S/C8H17NO3S/c1-4-5-9-13(10,11)7-6-12-8(2)3/h4,8-9H,1,5-7H2,2-3H3. The number of hydrogen-bond donors (Lipinski definition) is 1. The minimum absolute atomic E-state index is 0.000972. The molecule has 0 aromatic carbocycles. The summed E-state index contributed by atoms with van der Waals surface area (Å²) in [6, 6.07) is 0. The highest BCUT2D eigenvalue weighted by Gasteiger charge is 2.08. The first-order chi connectivity index (χ1) is 5.98. The molecule has 0 saturated carbocycles. The Morgan fingerprint density at radius 3 is 2.62 bits per heavy atom. The Morgan fingerprint density at radius 2 is 2.15 bits per heavy atom. The van der Waals surface area contributed by atoms with Gasteiger partial charge in [0.25, 0.3) is 0 Å². The van der Waals surface area contributed by atoms with Crippen molar-refractivity contribution in [3.63, 3.8) is 0 Å². The first kappa shape index (κ1) is 12.6. The van der Waals surface area contributed by atoms with Crippen LogP contribution in [0.25, 0.3) is 0 Å². The third kappa shape index (κ3) is 7.95. The largest absolute Gasteiger partial charge is 0.378 e. The van der Waals surface area contributed by atoms with Crippen molar-refractivity contribution in [2.75, 3.05) is 18.9 Å². The summed E-state index contributed by atoms with van der Waals surface area (Å²) in [5.74, 6) is -0.000972. The van der Waals surface area contributed by atoms with Gasteiger partial charge in [-0.25, -0.2) is 13.1 Å². The van der Waals surface area contributed by atoms with E-state index in [0.29, 0.717) is 0 Å². The van der Waals surface area contributed by atoms with Gasteiger partial charge in [-0.1, -0.05) is 6.08 Å². The van der Waals surface area contributed by atoms with E-state index >= 15 is 0 Å². The van der Waals surface area contributed by atoms with E-state index in [9.17, 15) is 8.42 Å². The number of sulfonamides is 1. The monoisotopic (exact) mass is 207 g/mol. The topological polar surface area (TPSA) is 55.4 Å². The summed E-state index contributed by atoms with van der Waals surface area (Å²) in [5, 5.41) is 0. The van der Waals surface area contributed by atoms with E-state index in [1.165, 1.54) is 6.08 Å². The molecule has 0 saturated heterocycles. The predicted molar refractivity (Wildman–Crippen MR) is 53.1 cm³/mol. The molecule has 78 valence electrons. The van der Waals surface area contributed by atoms with Crippen LogP contribution in [0.15, 0.2) is 12.7 Å². The zero-order chi connectivity index (χ0) is 10.3. The number of hydrogen-bond acceptors (Lipinski definition) is 3. The molecule has 0 rings (SSSR count). The Hall–Kier alpha value is -0.390. The SMILES string of the molecule is C=CCNS(=O)(=O)CCOC(C)C. The van der Waals surface area contributed by atoms with Crippen LogP contribution in [0.4, 0.5) is 0 Å². The van der Waals surface area contributed by atoms with E-state index in [4.69, 9.17) is 4.74 Å². The third-order valence-electron chi connectivity index (χ3n) is 1.25. The summed E-state index contributed by atoms with van der Waals surface area (Å²) in [6.45, 7) is 7.64. The maximum Gasteiger partial charge on any atom is 0.214 e. The first-order valence-electron chi connectivity index (χ1n) is 4.18. The molecule has 0 spiro atoms.